The summed E-state index contributed by atoms with van der Waals surface area (Å²) in [5, 5.41) is 2.67. The van der Waals surface area contributed by atoms with Crippen molar-refractivity contribution in [3.63, 3.8) is 0 Å². The number of fused-ring (bicyclic) bond motifs is 5. The molecule has 0 N–H and O–H groups in total. The van der Waals surface area contributed by atoms with Crippen LogP contribution in [0, 0.1) is 20.8 Å². The van der Waals surface area contributed by atoms with Gasteiger partial charge in [0.05, 0.1) is 0 Å². The molecule has 1 nitrogen and oxygen atoms in total. The lowest BCUT2D eigenvalue weighted by Crippen LogP contribution is -2.44. The number of aryl methyl sites for hydroxylation is 3. The minimum absolute atomic E-state index is 0.00377. The van der Waals surface area contributed by atoms with E-state index in [9.17, 15) is 0 Å². The van der Waals surface area contributed by atoms with Crippen molar-refractivity contribution in [2.75, 3.05) is 0 Å². The Labute approximate surface area is 192 Å². The van der Waals surface area contributed by atoms with Crippen LogP contribution in [-0.2, 0) is 17.9 Å². The zero-order chi connectivity index (χ0) is 23.0. The molecule has 3 aromatic carbocycles. The summed E-state index contributed by atoms with van der Waals surface area (Å²) in [6.07, 6.45) is 2.25. The predicted octanol–water partition coefficient (Wildman–Crippen LogP) is 7.49. The maximum absolute atomic E-state index is 2.43. The summed E-state index contributed by atoms with van der Waals surface area (Å²) < 4.78 is 2.28. The summed E-state index contributed by atoms with van der Waals surface area (Å²) in [5.74, 6) is 0. The molecule has 0 atom stereocenters. The summed E-state index contributed by atoms with van der Waals surface area (Å²) in [7, 11) is 2.17. The van der Waals surface area contributed by atoms with Gasteiger partial charge < -0.3 is 0 Å². The van der Waals surface area contributed by atoms with Crippen LogP contribution >= 0.6 is 0 Å². The fourth-order valence-corrected chi connectivity index (χ4v) is 5.88. The molecule has 1 aromatic heterocycles. The Hall–Kier alpha value is -2.93. The first-order valence-electron chi connectivity index (χ1n) is 11.7. The van der Waals surface area contributed by atoms with Crippen molar-refractivity contribution < 1.29 is 4.57 Å². The molecule has 0 aliphatic heterocycles. The Bertz CT molecular complexity index is 1400. The van der Waals surface area contributed by atoms with Crippen LogP contribution in [-0.4, -0.2) is 0 Å². The number of pyridine rings is 1. The van der Waals surface area contributed by atoms with Crippen molar-refractivity contribution in [2.45, 2.75) is 59.3 Å². The Morgan fingerprint density at radius 2 is 1.41 bits per heavy atom. The van der Waals surface area contributed by atoms with E-state index in [4.69, 9.17) is 0 Å². The molecule has 162 valence electrons. The highest BCUT2D eigenvalue weighted by Gasteiger charge is 2.47. The summed E-state index contributed by atoms with van der Waals surface area (Å²) in [6, 6.07) is 20.6. The lowest BCUT2D eigenvalue weighted by atomic mass is 9.54. The minimum atomic E-state index is -0.00377. The van der Waals surface area contributed by atoms with E-state index in [2.05, 4.69) is 121 Å². The fourth-order valence-electron chi connectivity index (χ4n) is 5.88. The molecule has 0 amide bonds. The molecule has 0 unspecified atom stereocenters. The molecule has 32 heavy (non-hydrogen) atoms. The van der Waals surface area contributed by atoms with Gasteiger partial charge in [0.25, 0.3) is 0 Å². The largest absolute Gasteiger partial charge is 0.212 e. The second-order valence-electron chi connectivity index (χ2n) is 10.8. The van der Waals surface area contributed by atoms with Gasteiger partial charge in [0.1, 0.15) is 7.05 Å². The molecule has 0 bridgehead atoms. The second-order valence-corrected chi connectivity index (χ2v) is 10.8. The number of nitrogens with zero attached hydrogens (tertiary/aromatic N) is 1. The molecule has 0 radical (unpaired) electrons. The number of hydrogen-bond donors (Lipinski definition) is 0. The molecule has 1 aliphatic carbocycles. The Balaban J connectivity index is 1.90. The topological polar surface area (TPSA) is 3.88 Å². The van der Waals surface area contributed by atoms with Crippen LogP contribution in [0.1, 0.15) is 55.5 Å². The maximum atomic E-state index is 2.43. The standard InChI is InChI=1S/C31H34N/c1-19-17-27(32(8)18-20(19)2)23-14-15-25-28-24-12-10-9-11-22(24)13-16-26(28)30(4,5)31(6,7)29(25)21(23)3/h9-18H,1-8H3/q+1. The SMILES string of the molecule is Cc1cc(-c2ccc3c(c2C)C(C)(C)C(C)(C)c2ccc4ccccc4c2-3)[n+](C)cc1C. The van der Waals surface area contributed by atoms with Crippen LogP contribution in [0.15, 0.2) is 60.8 Å². The van der Waals surface area contributed by atoms with Gasteiger partial charge in [0.15, 0.2) is 6.20 Å². The van der Waals surface area contributed by atoms with Crippen molar-refractivity contribution >= 4 is 10.8 Å². The van der Waals surface area contributed by atoms with E-state index >= 15 is 0 Å². The Morgan fingerprint density at radius 1 is 0.719 bits per heavy atom. The van der Waals surface area contributed by atoms with Crippen LogP contribution in [0.5, 0.6) is 0 Å². The summed E-state index contributed by atoms with van der Waals surface area (Å²) in [6.45, 7) is 16.4. The second kappa shape index (κ2) is 6.78. The lowest BCUT2D eigenvalue weighted by molar-refractivity contribution is -0.660. The van der Waals surface area contributed by atoms with Gasteiger partial charge in [0, 0.05) is 17.2 Å². The highest BCUT2D eigenvalue weighted by atomic mass is 14.9. The molecule has 4 aromatic rings. The normalized spacial score (nSPS) is 16.0. The monoisotopic (exact) mass is 420 g/mol. The predicted molar refractivity (Wildman–Crippen MR) is 136 cm³/mol. The van der Waals surface area contributed by atoms with E-state index in [1.165, 1.54) is 61.0 Å². The van der Waals surface area contributed by atoms with Gasteiger partial charge in [-0.3, -0.25) is 0 Å². The van der Waals surface area contributed by atoms with Crippen molar-refractivity contribution in [3.05, 3.63) is 88.6 Å². The third-order valence-corrected chi connectivity index (χ3v) is 8.54. The van der Waals surface area contributed by atoms with E-state index in [-0.39, 0.29) is 10.8 Å². The quantitative estimate of drug-likeness (QED) is 0.281. The molecule has 0 fully saturated rings. The molecule has 0 saturated heterocycles. The number of benzene rings is 3. The van der Waals surface area contributed by atoms with E-state index in [0.717, 1.165) is 0 Å². The van der Waals surface area contributed by atoms with Gasteiger partial charge >= 0.3 is 0 Å². The van der Waals surface area contributed by atoms with Gasteiger partial charge in [-0.25, -0.2) is 4.57 Å². The van der Waals surface area contributed by atoms with Crippen LogP contribution in [0.4, 0.5) is 0 Å². The molecule has 1 heterocycles. The molecule has 1 heteroatoms. The zero-order valence-electron chi connectivity index (χ0n) is 20.7. The van der Waals surface area contributed by atoms with Crippen LogP contribution < -0.4 is 4.57 Å². The summed E-state index contributed by atoms with van der Waals surface area (Å²) in [4.78, 5) is 0. The van der Waals surface area contributed by atoms with E-state index in [0.29, 0.717) is 0 Å². The first-order valence-corrected chi connectivity index (χ1v) is 11.7. The van der Waals surface area contributed by atoms with Gasteiger partial charge in [-0.15, -0.1) is 0 Å². The van der Waals surface area contributed by atoms with Crippen molar-refractivity contribution in [1.29, 1.82) is 0 Å². The van der Waals surface area contributed by atoms with Crippen LogP contribution in [0.2, 0.25) is 0 Å². The maximum Gasteiger partial charge on any atom is 0.212 e. The van der Waals surface area contributed by atoms with Gasteiger partial charge in [-0.05, 0) is 81.8 Å². The van der Waals surface area contributed by atoms with Crippen molar-refractivity contribution in [1.82, 2.24) is 0 Å². The number of hydrogen-bond acceptors (Lipinski definition) is 0. The van der Waals surface area contributed by atoms with Crippen molar-refractivity contribution in [2.24, 2.45) is 7.05 Å². The first-order chi connectivity index (χ1) is 15.1. The summed E-state index contributed by atoms with van der Waals surface area (Å²) in [5.41, 5.74) is 12.4. The van der Waals surface area contributed by atoms with E-state index in [1.54, 1.807) is 0 Å². The van der Waals surface area contributed by atoms with E-state index < -0.39 is 0 Å². The zero-order valence-corrected chi connectivity index (χ0v) is 20.7. The van der Waals surface area contributed by atoms with Crippen LogP contribution in [0.25, 0.3) is 33.2 Å². The summed E-state index contributed by atoms with van der Waals surface area (Å²) >= 11 is 0. The fraction of sp³-hybridized carbons (Fsp3) is 0.323. The number of aromatic nitrogens is 1. The van der Waals surface area contributed by atoms with Gasteiger partial charge in [-0.1, -0.05) is 70.2 Å². The van der Waals surface area contributed by atoms with Gasteiger partial charge in [-0.2, -0.15) is 0 Å². The molecular formula is C31H34N+. The first kappa shape index (κ1) is 20.9. The smallest absolute Gasteiger partial charge is 0.201 e. The average Bonchev–Trinajstić information content (AvgIpc) is 2.74. The average molecular weight is 421 g/mol. The highest BCUT2D eigenvalue weighted by molar-refractivity contribution is 6.01. The lowest BCUT2D eigenvalue weighted by Gasteiger charge is -2.49. The van der Waals surface area contributed by atoms with Crippen molar-refractivity contribution in [3.8, 4) is 22.4 Å². The molecule has 1 aliphatic rings. The van der Waals surface area contributed by atoms with Gasteiger partial charge in [0.2, 0.25) is 5.69 Å². The van der Waals surface area contributed by atoms with E-state index in [1.807, 2.05) is 0 Å². The number of rotatable bonds is 1. The molecule has 0 spiro atoms. The molecule has 5 rings (SSSR count). The third-order valence-electron chi connectivity index (χ3n) is 8.54. The van der Waals surface area contributed by atoms with Crippen LogP contribution in [0.3, 0.4) is 0 Å². The Kier molecular flexibility index (Phi) is 4.44. The third kappa shape index (κ3) is 2.67. The molecule has 0 saturated carbocycles. The molecular weight excluding hydrogens is 386 g/mol. The Morgan fingerprint density at radius 3 is 2.16 bits per heavy atom. The highest BCUT2D eigenvalue weighted by Crippen LogP contribution is 2.57. The minimum Gasteiger partial charge on any atom is -0.201 e.